The van der Waals surface area contributed by atoms with Crippen molar-refractivity contribution < 1.29 is 28.6 Å². The van der Waals surface area contributed by atoms with Crippen molar-refractivity contribution in [3.63, 3.8) is 0 Å². The van der Waals surface area contributed by atoms with Crippen LogP contribution in [-0.4, -0.2) is 37.2 Å². The molecule has 6 heteroatoms. The van der Waals surface area contributed by atoms with E-state index in [4.69, 9.17) is 14.2 Å². The fourth-order valence-electron chi connectivity index (χ4n) is 12.3. The molecule has 0 spiro atoms. The number of ether oxygens (including phenoxy) is 3. The lowest BCUT2D eigenvalue weighted by molar-refractivity contribution is -0.167. The third-order valence-electron chi connectivity index (χ3n) is 18.1. The lowest BCUT2D eigenvalue weighted by atomic mass is 10.0. The molecule has 0 aliphatic rings. The maximum absolute atomic E-state index is 12.9. The Morgan fingerprint density at radius 3 is 0.482 bits per heavy atom. The van der Waals surface area contributed by atoms with Gasteiger partial charge < -0.3 is 14.2 Å². The zero-order valence-electron chi connectivity index (χ0n) is 57.0. The van der Waals surface area contributed by atoms with E-state index in [1.165, 1.54) is 360 Å². The van der Waals surface area contributed by atoms with E-state index in [2.05, 4.69) is 20.8 Å². The Kier molecular flexibility index (Phi) is 71.5. The maximum Gasteiger partial charge on any atom is 0.306 e. The molecule has 0 bridgehead atoms. The number of unbranched alkanes of at least 4 members (excludes halogenated alkanes) is 62. The highest BCUT2D eigenvalue weighted by atomic mass is 16.6. The van der Waals surface area contributed by atoms with Crippen LogP contribution >= 0.6 is 0 Å². The van der Waals surface area contributed by atoms with Crippen LogP contribution < -0.4 is 0 Å². The molecule has 0 rings (SSSR count). The molecule has 0 saturated carbocycles. The summed E-state index contributed by atoms with van der Waals surface area (Å²) in [7, 11) is 0. The molecular formula is C77H150O6. The first-order valence-corrected chi connectivity index (χ1v) is 38.5. The lowest BCUT2D eigenvalue weighted by Gasteiger charge is -2.18. The van der Waals surface area contributed by atoms with Gasteiger partial charge in [-0.05, 0) is 19.3 Å². The Bertz CT molecular complexity index is 1250. The van der Waals surface area contributed by atoms with E-state index >= 15 is 0 Å². The predicted molar refractivity (Wildman–Crippen MR) is 363 cm³/mol. The summed E-state index contributed by atoms with van der Waals surface area (Å²) < 4.78 is 17.0. The van der Waals surface area contributed by atoms with Gasteiger partial charge in [0.2, 0.25) is 0 Å². The topological polar surface area (TPSA) is 78.9 Å². The molecule has 0 amide bonds. The number of hydrogen-bond donors (Lipinski definition) is 0. The smallest absolute Gasteiger partial charge is 0.306 e. The molecule has 0 aliphatic heterocycles. The third-order valence-corrected chi connectivity index (χ3v) is 18.1. The first kappa shape index (κ1) is 81.4. The van der Waals surface area contributed by atoms with Gasteiger partial charge in [-0.1, -0.05) is 419 Å². The van der Waals surface area contributed by atoms with Crippen molar-refractivity contribution in [2.45, 2.75) is 463 Å². The van der Waals surface area contributed by atoms with E-state index in [-0.39, 0.29) is 31.1 Å². The van der Waals surface area contributed by atoms with Crippen LogP contribution in [0.2, 0.25) is 0 Å². The second kappa shape index (κ2) is 72.9. The highest BCUT2D eigenvalue weighted by molar-refractivity contribution is 5.71. The third kappa shape index (κ3) is 71.1. The molecule has 0 fully saturated rings. The maximum atomic E-state index is 12.9. The zero-order chi connectivity index (χ0) is 59.9. The van der Waals surface area contributed by atoms with E-state index in [9.17, 15) is 14.4 Å². The van der Waals surface area contributed by atoms with E-state index in [1.54, 1.807) is 0 Å². The summed E-state index contributed by atoms with van der Waals surface area (Å²) in [5, 5.41) is 0. The molecule has 494 valence electrons. The Labute approximate surface area is 520 Å². The van der Waals surface area contributed by atoms with Crippen LogP contribution in [0.3, 0.4) is 0 Å². The van der Waals surface area contributed by atoms with Gasteiger partial charge in [0.25, 0.3) is 0 Å². The number of carbonyl (C=O) groups excluding carboxylic acids is 3. The molecular weight excluding hydrogens is 1020 g/mol. The quantitative estimate of drug-likeness (QED) is 0.0343. The van der Waals surface area contributed by atoms with E-state index in [0.29, 0.717) is 19.3 Å². The van der Waals surface area contributed by atoms with Gasteiger partial charge in [0.05, 0.1) is 0 Å². The molecule has 6 nitrogen and oxygen atoms in total. The Hall–Kier alpha value is -1.59. The highest BCUT2D eigenvalue weighted by Gasteiger charge is 2.20. The minimum absolute atomic E-state index is 0.0608. The van der Waals surface area contributed by atoms with Crippen LogP contribution in [0, 0.1) is 0 Å². The largest absolute Gasteiger partial charge is 0.462 e. The second-order valence-corrected chi connectivity index (χ2v) is 26.6. The molecule has 0 radical (unpaired) electrons. The molecule has 0 aromatic heterocycles. The first-order valence-electron chi connectivity index (χ1n) is 38.5. The van der Waals surface area contributed by atoms with E-state index < -0.39 is 6.10 Å². The number of hydrogen-bond acceptors (Lipinski definition) is 6. The van der Waals surface area contributed by atoms with Crippen molar-refractivity contribution in [3.05, 3.63) is 0 Å². The second-order valence-electron chi connectivity index (χ2n) is 26.6. The van der Waals surface area contributed by atoms with Gasteiger partial charge >= 0.3 is 17.9 Å². The van der Waals surface area contributed by atoms with Crippen LogP contribution in [0.1, 0.15) is 457 Å². The summed E-state index contributed by atoms with van der Waals surface area (Å²) >= 11 is 0. The van der Waals surface area contributed by atoms with Crippen LogP contribution in [0.4, 0.5) is 0 Å². The molecule has 0 heterocycles. The van der Waals surface area contributed by atoms with Gasteiger partial charge in [0.1, 0.15) is 13.2 Å². The van der Waals surface area contributed by atoms with Gasteiger partial charge in [-0.25, -0.2) is 0 Å². The minimum Gasteiger partial charge on any atom is -0.462 e. The van der Waals surface area contributed by atoms with Gasteiger partial charge in [-0.2, -0.15) is 0 Å². The standard InChI is InChI=1S/C77H150O6/c1-4-7-10-13-16-19-21-23-25-27-29-31-33-35-36-37-38-39-40-41-43-44-46-48-50-52-54-56-58-61-64-67-70-76(79)82-73-74(72-81-75(78)69-66-63-60-18-15-12-9-6-3)83-77(80)71-68-65-62-59-57-55-53-51-49-47-45-42-34-32-30-28-26-24-22-20-17-14-11-8-5-2/h74H,4-73H2,1-3H3. The molecule has 1 atom stereocenters. The number of rotatable bonds is 73. The van der Waals surface area contributed by atoms with Gasteiger partial charge in [0, 0.05) is 19.3 Å². The van der Waals surface area contributed by atoms with E-state index in [1.807, 2.05) is 0 Å². The van der Waals surface area contributed by atoms with Crippen molar-refractivity contribution in [3.8, 4) is 0 Å². The van der Waals surface area contributed by atoms with Crippen molar-refractivity contribution in [1.29, 1.82) is 0 Å². The highest BCUT2D eigenvalue weighted by Crippen LogP contribution is 2.20. The van der Waals surface area contributed by atoms with Crippen LogP contribution in [0.15, 0.2) is 0 Å². The lowest BCUT2D eigenvalue weighted by Crippen LogP contribution is -2.30. The van der Waals surface area contributed by atoms with Gasteiger partial charge in [0.15, 0.2) is 6.10 Å². The van der Waals surface area contributed by atoms with Crippen LogP contribution in [-0.2, 0) is 28.6 Å². The van der Waals surface area contributed by atoms with Crippen molar-refractivity contribution in [2.24, 2.45) is 0 Å². The van der Waals surface area contributed by atoms with E-state index in [0.717, 1.165) is 57.8 Å². The molecule has 0 aromatic carbocycles. The average molecular weight is 1170 g/mol. The first-order chi connectivity index (χ1) is 41.0. The Morgan fingerprint density at radius 2 is 0.325 bits per heavy atom. The summed E-state index contributed by atoms with van der Waals surface area (Å²) in [4.78, 5) is 38.3. The Balaban J connectivity index is 3.96. The molecule has 0 aliphatic carbocycles. The fraction of sp³-hybridized carbons (Fsp3) is 0.961. The summed E-state index contributed by atoms with van der Waals surface area (Å²) in [6, 6.07) is 0. The monoisotopic (exact) mass is 1170 g/mol. The van der Waals surface area contributed by atoms with Crippen molar-refractivity contribution in [2.75, 3.05) is 13.2 Å². The molecule has 0 N–H and O–H groups in total. The number of esters is 3. The summed E-state index contributed by atoms with van der Waals surface area (Å²) in [5.74, 6) is -0.826. The predicted octanol–water partition coefficient (Wildman–Crippen LogP) is 26.6. The zero-order valence-corrected chi connectivity index (χ0v) is 57.0. The summed E-state index contributed by atoms with van der Waals surface area (Å²) in [6.07, 6.45) is 87.7. The SMILES string of the molecule is CCCCCCCCCCCCCCCCCCCCCCCCCCCCCCCCCCC(=O)OCC(COC(=O)CCCCCCCCCC)OC(=O)CCCCCCCCCCCCCCCCCCCCCCCCCCC. The van der Waals surface area contributed by atoms with Crippen LogP contribution in [0.25, 0.3) is 0 Å². The van der Waals surface area contributed by atoms with Crippen molar-refractivity contribution in [1.82, 2.24) is 0 Å². The van der Waals surface area contributed by atoms with Gasteiger partial charge in [-0.15, -0.1) is 0 Å². The molecule has 0 aromatic rings. The van der Waals surface area contributed by atoms with Crippen LogP contribution in [0.5, 0.6) is 0 Å². The summed E-state index contributed by atoms with van der Waals surface area (Å²) in [5.41, 5.74) is 0. The molecule has 0 saturated heterocycles. The van der Waals surface area contributed by atoms with Gasteiger partial charge in [-0.3, -0.25) is 14.4 Å². The summed E-state index contributed by atoms with van der Waals surface area (Å²) in [6.45, 7) is 6.72. The fourth-order valence-corrected chi connectivity index (χ4v) is 12.3. The molecule has 83 heavy (non-hydrogen) atoms. The number of carbonyl (C=O) groups is 3. The Morgan fingerprint density at radius 1 is 0.193 bits per heavy atom. The van der Waals surface area contributed by atoms with Crippen molar-refractivity contribution >= 4 is 17.9 Å². The molecule has 1 unspecified atom stereocenters. The average Bonchev–Trinajstić information content (AvgIpc) is 3.49. The normalized spacial score (nSPS) is 11.9. The minimum atomic E-state index is -0.763.